The third-order valence-electron chi connectivity index (χ3n) is 2.54. The number of nitro groups is 1. The number of hydrogen-bond donors (Lipinski definition) is 1. The van der Waals surface area contributed by atoms with Gasteiger partial charge < -0.3 is 10.1 Å². The summed E-state index contributed by atoms with van der Waals surface area (Å²) < 4.78 is 39.9. The minimum atomic E-state index is -4.39. The molecule has 1 atom stereocenters. The van der Waals surface area contributed by atoms with Crippen LogP contribution in [0.3, 0.4) is 0 Å². The van der Waals surface area contributed by atoms with Crippen LogP contribution >= 0.6 is 11.8 Å². The number of ether oxygens (including phenoxy) is 1. The Labute approximate surface area is 134 Å². The molecule has 0 aliphatic carbocycles. The molecule has 0 bridgehead atoms. The number of alkyl halides is 3. The van der Waals surface area contributed by atoms with Crippen molar-refractivity contribution < 1.29 is 27.6 Å². The van der Waals surface area contributed by atoms with Gasteiger partial charge in [0.1, 0.15) is 6.61 Å². The van der Waals surface area contributed by atoms with Gasteiger partial charge in [-0.05, 0) is 19.1 Å². The second-order valence-corrected chi connectivity index (χ2v) is 5.88. The third kappa shape index (κ3) is 7.84. The summed E-state index contributed by atoms with van der Waals surface area (Å²) in [7, 11) is 0. The van der Waals surface area contributed by atoms with Gasteiger partial charge >= 0.3 is 6.18 Å². The van der Waals surface area contributed by atoms with E-state index in [2.05, 4.69) is 10.1 Å². The van der Waals surface area contributed by atoms with Crippen LogP contribution in [0.15, 0.2) is 29.2 Å². The number of amides is 1. The molecule has 0 aliphatic rings. The van der Waals surface area contributed by atoms with E-state index in [0.29, 0.717) is 4.90 Å². The van der Waals surface area contributed by atoms with Crippen molar-refractivity contribution in [3.05, 3.63) is 34.4 Å². The Morgan fingerprint density at radius 3 is 2.52 bits per heavy atom. The maximum absolute atomic E-state index is 11.8. The SMILES string of the molecule is CC(Sc1ccc([N+](=O)[O-])cc1)C(=O)NCCOCC(F)(F)F. The number of carbonyl (C=O) groups is 1. The van der Waals surface area contributed by atoms with Gasteiger partial charge in [0.15, 0.2) is 0 Å². The molecule has 1 aromatic carbocycles. The number of non-ortho nitro benzene ring substituents is 1. The lowest BCUT2D eigenvalue weighted by molar-refractivity contribution is -0.384. The van der Waals surface area contributed by atoms with E-state index in [-0.39, 0.29) is 24.7 Å². The summed E-state index contributed by atoms with van der Waals surface area (Å²) >= 11 is 1.18. The van der Waals surface area contributed by atoms with Crippen molar-refractivity contribution in [2.45, 2.75) is 23.2 Å². The fraction of sp³-hybridized carbons (Fsp3) is 0.462. The average molecular weight is 352 g/mol. The van der Waals surface area contributed by atoms with Gasteiger partial charge in [0, 0.05) is 23.6 Å². The van der Waals surface area contributed by atoms with Crippen LogP contribution in [0, 0.1) is 10.1 Å². The zero-order valence-corrected chi connectivity index (χ0v) is 12.9. The second-order valence-electron chi connectivity index (χ2n) is 4.47. The zero-order chi connectivity index (χ0) is 17.5. The summed E-state index contributed by atoms with van der Waals surface area (Å²) in [6.45, 7) is 0.00813. The fourth-order valence-corrected chi connectivity index (χ4v) is 2.37. The molecule has 1 N–H and O–H groups in total. The number of benzene rings is 1. The molecule has 6 nitrogen and oxygen atoms in total. The van der Waals surface area contributed by atoms with Crippen LogP contribution in [-0.2, 0) is 9.53 Å². The lowest BCUT2D eigenvalue weighted by atomic mass is 10.3. The Hall–Kier alpha value is -1.81. The van der Waals surface area contributed by atoms with E-state index in [1.165, 1.54) is 36.0 Å². The molecule has 23 heavy (non-hydrogen) atoms. The molecule has 1 rings (SSSR count). The molecule has 0 fully saturated rings. The Bertz CT molecular complexity index is 537. The molecule has 0 heterocycles. The largest absolute Gasteiger partial charge is 0.411 e. The summed E-state index contributed by atoms with van der Waals surface area (Å²) in [4.78, 5) is 22.4. The van der Waals surface area contributed by atoms with Crippen molar-refractivity contribution in [1.82, 2.24) is 5.32 Å². The molecule has 128 valence electrons. The van der Waals surface area contributed by atoms with Crippen LogP contribution in [0.2, 0.25) is 0 Å². The Morgan fingerprint density at radius 2 is 2.00 bits per heavy atom. The molecule has 10 heteroatoms. The molecule has 0 spiro atoms. The first kappa shape index (κ1) is 19.2. The quantitative estimate of drug-likeness (QED) is 0.337. The average Bonchev–Trinajstić information content (AvgIpc) is 2.46. The predicted octanol–water partition coefficient (Wildman–Crippen LogP) is 2.77. The monoisotopic (exact) mass is 352 g/mol. The normalized spacial score (nSPS) is 12.7. The van der Waals surface area contributed by atoms with Crippen molar-refractivity contribution in [2.75, 3.05) is 19.8 Å². The highest BCUT2D eigenvalue weighted by Gasteiger charge is 2.27. The van der Waals surface area contributed by atoms with Crippen LogP contribution < -0.4 is 5.32 Å². The summed E-state index contributed by atoms with van der Waals surface area (Å²) in [5.74, 6) is -0.357. The first-order chi connectivity index (χ1) is 10.7. The number of carbonyl (C=O) groups excluding carboxylic acids is 1. The molecular formula is C13H15F3N2O4S. The number of hydrogen-bond acceptors (Lipinski definition) is 5. The Balaban J connectivity index is 2.32. The maximum atomic E-state index is 11.8. The van der Waals surface area contributed by atoms with Gasteiger partial charge in [-0.1, -0.05) is 0 Å². The van der Waals surface area contributed by atoms with Crippen molar-refractivity contribution in [3.63, 3.8) is 0 Å². The molecular weight excluding hydrogens is 337 g/mol. The number of thioether (sulfide) groups is 1. The number of nitrogens with one attached hydrogen (secondary N) is 1. The Kier molecular flexibility index (Phi) is 7.30. The van der Waals surface area contributed by atoms with Gasteiger partial charge in [0.2, 0.25) is 5.91 Å². The molecule has 0 saturated heterocycles. The van der Waals surface area contributed by atoms with E-state index in [4.69, 9.17) is 0 Å². The summed E-state index contributed by atoms with van der Waals surface area (Å²) in [5.41, 5.74) is -0.0479. The van der Waals surface area contributed by atoms with E-state index in [1.807, 2.05) is 0 Å². The molecule has 1 unspecified atom stereocenters. The van der Waals surface area contributed by atoms with Gasteiger partial charge in [-0.15, -0.1) is 11.8 Å². The van der Waals surface area contributed by atoms with E-state index in [0.717, 1.165) is 0 Å². The van der Waals surface area contributed by atoms with Crippen LogP contribution in [0.5, 0.6) is 0 Å². The molecule has 0 saturated carbocycles. The molecule has 0 aliphatic heterocycles. The highest BCUT2D eigenvalue weighted by atomic mass is 32.2. The zero-order valence-electron chi connectivity index (χ0n) is 12.1. The number of rotatable bonds is 8. The highest BCUT2D eigenvalue weighted by Crippen LogP contribution is 2.25. The van der Waals surface area contributed by atoms with E-state index < -0.39 is 23.0 Å². The van der Waals surface area contributed by atoms with Gasteiger partial charge in [0.05, 0.1) is 16.8 Å². The third-order valence-corrected chi connectivity index (χ3v) is 3.65. The van der Waals surface area contributed by atoms with Gasteiger partial charge in [-0.2, -0.15) is 13.2 Å². The first-order valence-corrected chi connectivity index (χ1v) is 7.40. The Morgan fingerprint density at radius 1 is 1.39 bits per heavy atom. The van der Waals surface area contributed by atoms with E-state index >= 15 is 0 Å². The van der Waals surface area contributed by atoms with E-state index in [1.54, 1.807) is 6.92 Å². The lowest BCUT2D eigenvalue weighted by Crippen LogP contribution is -2.34. The minimum Gasteiger partial charge on any atom is -0.370 e. The molecule has 1 aromatic rings. The van der Waals surface area contributed by atoms with Crippen LogP contribution in [0.4, 0.5) is 18.9 Å². The summed E-state index contributed by atoms with van der Waals surface area (Å²) in [5, 5.41) is 12.5. The minimum absolute atomic E-state index is 0.0277. The maximum Gasteiger partial charge on any atom is 0.411 e. The number of nitro benzene ring substituents is 1. The number of nitrogens with zero attached hydrogens (tertiary/aromatic N) is 1. The highest BCUT2D eigenvalue weighted by molar-refractivity contribution is 8.00. The number of halogens is 3. The second kappa shape index (κ2) is 8.73. The van der Waals surface area contributed by atoms with Gasteiger partial charge in [-0.3, -0.25) is 14.9 Å². The summed E-state index contributed by atoms with van der Waals surface area (Å²) in [6.07, 6.45) is -4.39. The molecule has 0 aromatic heterocycles. The lowest BCUT2D eigenvalue weighted by Gasteiger charge is -2.12. The molecule has 1 amide bonds. The van der Waals surface area contributed by atoms with Gasteiger partial charge in [-0.25, -0.2) is 0 Å². The standard InChI is InChI=1S/C13H15F3N2O4S/c1-9(12(19)17-6-7-22-8-13(14,15)16)23-11-4-2-10(3-5-11)18(20)21/h2-5,9H,6-8H2,1H3,(H,17,19). The van der Waals surface area contributed by atoms with Gasteiger partial charge in [0.25, 0.3) is 5.69 Å². The smallest absolute Gasteiger partial charge is 0.370 e. The van der Waals surface area contributed by atoms with Crippen molar-refractivity contribution >= 4 is 23.4 Å². The fourth-order valence-electron chi connectivity index (χ4n) is 1.48. The van der Waals surface area contributed by atoms with E-state index in [9.17, 15) is 28.1 Å². The first-order valence-electron chi connectivity index (χ1n) is 6.52. The van der Waals surface area contributed by atoms with Crippen molar-refractivity contribution in [2.24, 2.45) is 0 Å². The summed E-state index contributed by atoms with van der Waals surface area (Å²) in [6, 6.07) is 5.72. The van der Waals surface area contributed by atoms with Crippen LogP contribution in [0.1, 0.15) is 6.92 Å². The molecule has 0 radical (unpaired) electrons. The topological polar surface area (TPSA) is 81.5 Å². The van der Waals surface area contributed by atoms with Crippen molar-refractivity contribution in [1.29, 1.82) is 0 Å². The predicted molar refractivity (Wildman–Crippen MR) is 78.3 cm³/mol. The van der Waals surface area contributed by atoms with Crippen molar-refractivity contribution in [3.8, 4) is 0 Å². The van der Waals surface area contributed by atoms with Crippen LogP contribution in [0.25, 0.3) is 0 Å². The van der Waals surface area contributed by atoms with Crippen LogP contribution in [-0.4, -0.2) is 42.0 Å².